The van der Waals surface area contributed by atoms with E-state index in [9.17, 15) is 0 Å². The van der Waals surface area contributed by atoms with Crippen LogP contribution < -0.4 is 11.5 Å². The fraction of sp³-hybridized carbons (Fsp3) is 0.143. The molecule has 0 fully saturated rings. The molecule has 4 aromatic rings. The number of benzene rings is 4. The lowest BCUT2D eigenvalue weighted by atomic mass is 9.78. The van der Waals surface area contributed by atoms with Crippen molar-refractivity contribution >= 4 is 11.4 Å². The zero-order valence-corrected chi connectivity index (χ0v) is 17.8. The third-order valence-electron chi connectivity index (χ3n) is 5.31. The molecule has 152 valence electrons. The molecule has 0 saturated carbocycles. The van der Waals surface area contributed by atoms with Crippen molar-refractivity contribution in [2.75, 3.05) is 11.5 Å². The smallest absolute Gasteiger partial charge is 0.0317 e. The number of nitrogen functional groups attached to an aromatic ring is 2. The van der Waals surface area contributed by atoms with Gasteiger partial charge in [-0.15, -0.1) is 0 Å². The summed E-state index contributed by atoms with van der Waals surface area (Å²) in [5, 5.41) is 0. The standard InChI is InChI=1S/C15H18N2.C13H12/c1-15(2,11-5-3-7-13(16)9-11)12-6-4-8-14(17)10-12;1-3-7-12(8-4-1)11-13-9-5-2-6-10-13/h3-10H,16-17H2,1-2H3;1-10H,11H2. The van der Waals surface area contributed by atoms with E-state index in [0.717, 1.165) is 17.8 Å². The lowest BCUT2D eigenvalue weighted by Gasteiger charge is -2.26. The van der Waals surface area contributed by atoms with Crippen LogP contribution in [-0.2, 0) is 11.8 Å². The summed E-state index contributed by atoms with van der Waals surface area (Å²) in [7, 11) is 0. The van der Waals surface area contributed by atoms with Gasteiger partial charge in [-0.2, -0.15) is 0 Å². The minimum Gasteiger partial charge on any atom is -0.399 e. The number of hydrogen-bond donors (Lipinski definition) is 2. The molecule has 0 aromatic heterocycles. The number of nitrogens with two attached hydrogens (primary N) is 2. The van der Waals surface area contributed by atoms with Gasteiger partial charge in [-0.25, -0.2) is 0 Å². The summed E-state index contributed by atoms with van der Waals surface area (Å²) in [4.78, 5) is 0. The Labute approximate surface area is 180 Å². The van der Waals surface area contributed by atoms with Crippen LogP contribution in [-0.4, -0.2) is 0 Å². The van der Waals surface area contributed by atoms with Gasteiger partial charge in [0, 0.05) is 16.8 Å². The highest BCUT2D eigenvalue weighted by atomic mass is 14.6. The molecule has 0 spiro atoms. The largest absolute Gasteiger partial charge is 0.399 e. The molecule has 0 aliphatic carbocycles. The van der Waals surface area contributed by atoms with Crippen molar-refractivity contribution in [2.24, 2.45) is 0 Å². The van der Waals surface area contributed by atoms with Gasteiger partial charge in [0.15, 0.2) is 0 Å². The molecule has 4 N–H and O–H groups in total. The second-order valence-electron chi connectivity index (χ2n) is 8.02. The average molecular weight is 395 g/mol. The Hall–Kier alpha value is -3.52. The molecule has 4 aromatic carbocycles. The molecule has 0 heterocycles. The molecule has 0 saturated heterocycles. The van der Waals surface area contributed by atoms with Gasteiger partial charge in [-0.3, -0.25) is 0 Å². The molecule has 0 radical (unpaired) electrons. The Bertz CT molecular complexity index is 969. The highest BCUT2D eigenvalue weighted by Crippen LogP contribution is 2.32. The SMILES string of the molecule is CC(C)(c1cccc(N)c1)c1cccc(N)c1.c1ccc(Cc2ccccc2)cc1. The summed E-state index contributed by atoms with van der Waals surface area (Å²) >= 11 is 0. The zero-order valence-electron chi connectivity index (χ0n) is 17.8. The molecule has 30 heavy (non-hydrogen) atoms. The maximum atomic E-state index is 5.84. The maximum absolute atomic E-state index is 5.84. The normalized spacial score (nSPS) is 10.7. The van der Waals surface area contributed by atoms with Crippen LogP contribution in [0.1, 0.15) is 36.1 Å². The van der Waals surface area contributed by atoms with Crippen LogP contribution in [0.3, 0.4) is 0 Å². The second kappa shape index (κ2) is 9.80. The van der Waals surface area contributed by atoms with Crippen molar-refractivity contribution in [2.45, 2.75) is 25.7 Å². The van der Waals surface area contributed by atoms with Gasteiger partial charge in [0.25, 0.3) is 0 Å². The molecule has 0 bridgehead atoms. The second-order valence-corrected chi connectivity index (χ2v) is 8.02. The minimum absolute atomic E-state index is 0.0925. The lowest BCUT2D eigenvalue weighted by Crippen LogP contribution is -2.19. The van der Waals surface area contributed by atoms with E-state index in [1.54, 1.807) is 0 Å². The molecule has 0 amide bonds. The first-order chi connectivity index (χ1) is 14.4. The molecule has 0 atom stereocenters. The highest BCUT2D eigenvalue weighted by molar-refractivity contribution is 5.50. The van der Waals surface area contributed by atoms with E-state index >= 15 is 0 Å². The van der Waals surface area contributed by atoms with Crippen LogP contribution in [0.15, 0.2) is 109 Å². The molecule has 2 heteroatoms. The van der Waals surface area contributed by atoms with Crippen molar-refractivity contribution in [1.82, 2.24) is 0 Å². The fourth-order valence-corrected chi connectivity index (χ4v) is 3.45. The van der Waals surface area contributed by atoms with Gasteiger partial charge in [0.05, 0.1) is 0 Å². The first kappa shape index (κ1) is 21.2. The Morgan fingerprint density at radius 2 is 0.933 bits per heavy atom. The van der Waals surface area contributed by atoms with Gasteiger partial charge in [0.1, 0.15) is 0 Å². The predicted molar refractivity (Wildman–Crippen MR) is 130 cm³/mol. The van der Waals surface area contributed by atoms with E-state index < -0.39 is 0 Å². The van der Waals surface area contributed by atoms with Crippen molar-refractivity contribution in [3.8, 4) is 0 Å². The fourth-order valence-electron chi connectivity index (χ4n) is 3.45. The van der Waals surface area contributed by atoms with Crippen LogP contribution in [0.25, 0.3) is 0 Å². The summed E-state index contributed by atoms with van der Waals surface area (Å²) in [5.74, 6) is 0. The zero-order chi connectivity index (χ0) is 21.4. The Morgan fingerprint density at radius 1 is 0.533 bits per heavy atom. The Morgan fingerprint density at radius 3 is 1.30 bits per heavy atom. The molecular weight excluding hydrogens is 364 g/mol. The lowest BCUT2D eigenvalue weighted by molar-refractivity contribution is 0.641. The van der Waals surface area contributed by atoms with E-state index in [-0.39, 0.29) is 5.41 Å². The monoisotopic (exact) mass is 394 g/mol. The highest BCUT2D eigenvalue weighted by Gasteiger charge is 2.23. The molecule has 0 unspecified atom stereocenters. The maximum Gasteiger partial charge on any atom is 0.0317 e. The van der Waals surface area contributed by atoms with Crippen LogP contribution >= 0.6 is 0 Å². The van der Waals surface area contributed by atoms with Gasteiger partial charge < -0.3 is 11.5 Å². The van der Waals surface area contributed by atoms with Crippen LogP contribution in [0.2, 0.25) is 0 Å². The van der Waals surface area contributed by atoms with Crippen LogP contribution in [0.5, 0.6) is 0 Å². The van der Waals surface area contributed by atoms with E-state index in [1.807, 2.05) is 36.4 Å². The van der Waals surface area contributed by atoms with Crippen molar-refractivity contribution in [3.63, 3.8) is 0 Å². The summed E-state index contributed by atoms with van der Waals surface area (Å²) in [6.45, 7) is 4.35. The molecule has 2 nitrogen and oxygen atoms in total. The summed E-state index contributed by atoms with van der Waals surface area (Å²) < 4.78 is 0. The number of rotatable bonds is 4. The Kier molecular flexibility index (Phi) is 6.92. The topological polar surface area (TPSA) is 52.0 Å². The molecule has 0 aliphatic heterocycles. The van der Waals surface area contributed by atoms with E-state index in [0.29, 0.717) is 0 Å². The van der Waals surface area contributed by atoms with Gasteiger partial charge in [-0.1, -0.05) is 98.8 Å². The number of anilines is 2. The Balaban J connectivity index is 0.000000177. The van der Waals surface area contributed by atoms with E-state index in [1.165, 1.54) is 22.3 Å². The average Bonchev–Trinajstić information content (AvgIpc) is 2.76. The van der Waals surface area contributed by atoms with Crippen LogP contribution in [0, 0.1) is 0 Å². The van der Waals surface area contributed by atoms with Crippen molar-refractivity contribution in [3.05, 3.63) is 131 Å². The van der Waals surface area contributed by atoms with Crippen molar-refractivity contribution in [1.29, 1.82) is 0 Å². The van der Waals surface area contributed by atoms with Crippen LogP contribution in [0.4, 0.5) is 11.4 Å². The molecular formula is C28H30N2. The van der Waals surface area contributed by atoms with E-state index in [4.69, 9.17) is 11.5 Å². The minimum atomic E-state index is -0.0925. The van der Waals surface area contributed by atoms with Gasteiger partial charge in [-0.05, 0) is 52.9 Å². The number of hydrogen-bond acceptors (Lipinski definition) is 2. The van der Waals surface area contributed by atoms with Gasteiger partial charge >= 0.3 is 0 Å². The van der Waals surface area contributed by atoms with E-state index in [2.05, 4.69) is 86.6 Å². The predicted octanol–water partition coefficient (Wildman–Crippen LogP) is 6.45. The molecule has 4 rings (SSSR count). The van der Waals surface area contributed by atoms with Crippen molar-refractivity contribution < 1.29 is 0 Å². The first-order valence-electron chi connectivity index (χ1n) is 10.2. The third kappa shape index (κ3) is 5.74. The summed E-state index contributed by atoms with van der Waals surface area (Å²) in [5.41, 5.74) is 18.3. The quantitative estimate of drug-likeness (QED) is 0.391. The first-order valence-corrected chi connectivity index (χ1v) is 10.2. The summed E-state index contributed by atoms with van der Waals surface area (Å²) in [6, 6.07) is 37.1. The molecule has 0 aliphatic rings. The van der Waals surface area contributed by atoms with Gasteiger partial charge in [0.2, 0.25) is 0 Å². The third-order valence-corrected chi connectivity index (χ3v) is 5.31. The summed E-state index contributed by atoms with van der Waals surface area (Å²) in [6.07, 6.45) is 1.03.